The van der Waals surface area contributed by atoms with Gasteiger partial charge in [0.05, 0.1) is 0 Å². The first-order valence-electron chi connectivity index (χ1n) is 9.94. The molecule has 1 rings (SSSR count). The maximum atomic E-state index is 13.5. The molecule has 1 aromatic rings. The number of aromatic nitrogens is 3. The normalized spacial score (nSPS) is 13.1. The number of halogens is 6. The average molecular weight is 813 g/mol. The van der Waals surface area contributed by atoms with Gasteiger partial charge in [0, 0.05) is 0 Å². The summed E-state index contributed by atoms with van der Waals surface area (Å²) in [5.41, 5.74) is -2.12. The Hall–Kier alpha value is 1.29. The molecule has 0 aliphatic carbocycles. The second-order valence-electron chi connectivity index (χ2n) is 7.16. The molecule has 0 saturated heterocycles. The Morgan fingerprint density at radius 2 is 0.733 bits per heavy atom. The van der Waals surface area contributed by atoms with E-state index in [1.165, 1.54) is 0 Å². The van der Waals surface area contributed by atoms with Crippen LogP contribution in [0.25, 0.3) is 0 Å². The van der Waals surface area contributed by atoms with Crippen molar-refractivity contribution in [2.75, 3.05) is 0 Å². The van der Waals surface area contributed by atoms with Gasteiger partial charge < -0.3 is 0 Å². The Bertz CT molecular complexity index is 744. The molecule has 1 heterocycles. The van der Waals surface area contributed by atoms with Crippen molar-refractivity contribution in [1.82, 2.24) is 13.7 Å². The molecule has 0 aliphatic heterocycles. The van der Waals surface area contributed by atoms with Crippen molar-refractivity contribution in [3.05, 3.63) is 31.5 Å². The maximum absolute atomic E-state index is 13.5. The smallest absolute Gasteiger partial charge is 0.247 e. The quantitative estimate of drug-likeness (QED) is 0.215. The lowest BCUT2D eigenvalue weighted by Gasteiger charge is -2.31. The zero-order chi connectivity index (χ0) is 23.3. The molecule has 174 valence electrons. The summed E-state index contributed by atoms with van der Waals surface area (Å²) in [6, 6.07) is 0. The van der Waals surface area contributed by atoms with Crippen molar-refractivity contribution in [1.29, 1.82) is 0 Å². The van der Waals surface area contributed by atoms with Crippen LogP contribution in [0.5, 0.6) is 0 Å². The summed E-state index contributed by atoms with van der Waals surface area (Å²) in [4.78, 5) is 40.5. The molecule has 0 amide bonds. The van der Waals surface area contributed by atoms with Crippen LogP contribution in [-0.2, 0) is 10.1 Å². The minimum Gasteiger partial charge on any atom is -0.247 e. The fourth-order valence-corrected chi connectivity index (χ4v) is 6.39. The zero-order valence-electron chi connectivity index (χ0n) is 17.2. The van der Waals surface area contributed by atoms with Gasteiger partial charge in [0.15, 0.2) is 10.1 Å². The third kappa shape index (κ3) is 6.90. The monoisotopic (exact) mass is 807 g/mol. The van der Waals surface area contributed by atoms with Gasteiger partial charge in [0.2, 0.25) is 0 Å². The van der Waals surface area contributed by atoms with E-state index >= 15 is 0 Å². The van der Waals surface area contributed by atoms with Gasteiger partial charge in [0.25, 0.3) is 0 Å². The van der Waals surface area contributed by atoms with Gasteiger partial charge in [-0.2, -0.15) is 0 Å². The summed E-state index contributed by atoms with van der Waals surface area (Å²) >= 11 is 21.1. The van der Waals surface area contributed by atoms with Gasteiger partial charge in [-0.15, -0.1) is 0 Å². The number of nitrogens with zero attached hydrogens (tertiary/aromatic N) is 3. The molecular formula is C18H27Br6N3O3. The maximum Gasteiger partial charge on any atom is 0.340 e. The first-order chi connectivity index (χ1) is 13.8. The van der Waals surface area contributed by atoms with Crippen molar-refractivity contribution in [2.45, 2.75) is 88.6 Å². The minimum atomic E-state index is -1.12. The third-order valence-corrected chi connectivity index (χ3v) is 9.13. The topological polar surface area (TPSA) is 66.0 Å². The molecule has 0 spiro atoms. The summed E-state index contributed by atoms with van der Waals surface area (Å²) in [5.74, 6) is 0. The predicted octanol–water partition coefficient (Wildman–Crippen LogP) is 6.94. The number of hydrogen-bond acceptors (Lipinski definition) is 3. The van der Waals surface area contributed by atoms with Crippen molar-refractivity contribution >= 4 is 95.6 Å². The summed E-state index contributed by atoms with van der Waals surface area (Å²) in [6.07, 6.45) is 6.42. The Morgan fingerprint density at radius 3 is 0.900 bits per heavy atom. The fourth-order valence-electron chi connectivity index (χ4n) is 2.89. The van der Waals surface area contributed by atoms with Gasteiger partial charge in [-0.3, -0.25) is 0 Å². The Labute approximate surface area is 227 Å². The van der Waals surface area contributed by atoms with E-state index in [4.69, 9.17) is 0 Å². The molecule has 30 heavy (non-hydrogen) atoms. The van der Waals surface area contributed by atoms with Crippen LogP contribution >= 0.6 is 95.6 Å². The third-order valence-electron chi connectivity index (χ3n) is 4.62. The molecule has 0 saturated carbocycles. The number of alkyl halides is 6. The molecule has 0 fully saturated rings. The number of rotatable bonds is 12. The highest BCUT2D eigenvalue weighted by Gasteiger charge is 2.40. The van der Waals surface area contributed by atoms with E-state index in [1.54, 1.807) is 0 Å². The van der Waals surface area contributed by atoms with E-state index in [-0.39, 0.29) is 0 Å². The highest BCUT2D eigenvalue weighted by Crippen LogP contribution is 2.40. The standard InChI is InChI=1S/C18H27Br6N3O3/c1-4-7-10-16(19,20)25-13(28)26(17(21,22)11-8-5-2)15(30)27(14(25)29)18(23,24)12-9-6-3/h4-12H2,1-3H3. The summed E-state index contributed by atoms with van der Waals surface area (Å²) < 4.78 is -0.168. The summed E-state index contributed by atoms with van der Waals surface area (Å²) in [6.45, 7) is 6.08. The molecular weight excluding hydrogens is 786 g/mol. The van der Waals surface area contributed by atoms with Crippen molar-refractivity contribution in [3.63, 3.8) is 0 Å². The van der Waals surface area contributed by atoms with E-state index in [9.17, 15) is 14.4 Å². The van der Waals surface area contributed by atoms with Gasteiger partial charge in [-0.05, 0) is 134 Å². The van der Waals surface area contributed by atoms with Crippen LogP contribution in [0.4, 0.5) is 0 Å². The minimum absolute atomic E-state index is 0.482. The van der Waals surface area contributed by atoms with Gasteiger partial charge in [0.1, 0.15) is 0 Å². The van der Waals surface area contributed by atoms with E-state index in [1.807, 2.05) is 20.8 Å². The molecule has 0 aromatic carbocycles. The molecule has 12 heteroatoms. The molecule has 0 radical (unpaired) electrons. The fraction of sp³-hybridized carbons (Fsp3) is 0.833. The Kier molecular flexibility index (Phi) is 11.9. The molecule has 0 atom stereocenters. The zero-order valence-corrected chi connectivity index (χ0v) is 26.7. The van der Waals surface area contributed by atoms with Crippen LogP contribution < -0.4 is 17.1 Å². The van der Waals surface area contributed by atoms with Crippen LogP contribution in [0, 0.1) is 0 Å². The lowest BCUT2D eigenvalue weighted by Crippen LogP contribution is -2.62. The predicted molar refractivity (Wildman–Crippen MR) is 145 cm³/mol. The van der Waals surface area contributed by atoms with E-state index in [0.29, 0.717) is 19.3 Å². The van der Waals surface area contributed by atoms with Crippen LogP contribution in [0.2, 0.25) is 0 Å². The Morgan fingerprint density at radius 1 is 0.533 bits per heavy atom. The van der Waals surface area contributed by atoms with Crippen molar-refractivity contribution < 1.29 is 0 Å². The van der Waals surface area contributed by atoms with Gasteiger partial charge in [-0.25, -0.2) is 28.1 Å². The highest BCUT2D eigenvalue weighted by atomic mass is 79.9. The van der Waals surface area contributed by atoms with E-state index in [2.05, 4.69) is 95.6 Å². The van der Waals surface area contributed by atoms with E-state index < -0.39 is 27.1 Å². The molecule has 0 aliphatic rings. The number of unbranched alkanes of at least 4 members (excludes halogenated alkanes) is 3. The summed E-state index contributed by atoms with van der Waals surface area (Å²) in [5, 5.41) is 0. The largest absolute Gasteiger partial charge is 0.340 e. The molecule has 0 unspecified atom stereocenters. The Balaban J connectivity index is 3.98. The van der Waals surface area contributed by atoms with E-state index in [0.717, 1.165) is 52.2 Å². The lowest BCUT2D eigenvalue weighted by molar-refractivity contribution is 0.383. The second-order valence-corrected chi connectivity index (χ2v) is 18.2. The lowest BCUT2D eigenvalue weighted by atomic mass is 10.2. The molecule has 0 N–H and O–H groups in total. The van der Waals surface area contributed by atoms with Crippen LogP contribution in [0.1, 0.15) is 78.6 Å². The molecule has 1 aromatic heterocycles. The number of hydrogen-bond donors (Lipinski definition) is 0. The van der Waals surface area contributed by atoms with Crippen LogP contribution in [0.15, 0.2) is 14.4 Å². The van der Waals surface area contributed by atoms with Crippen molar-refractivity contribution in [3.8, 4) is 0 Å². The summed E-state index contributed by atoms with van der Waals surface area (Å²) in [7, 11) is 0. The first kappa shape index (κ1) is 29.3. The second kappa shape index (κ2) is 12.1. The van der Waals surface area contributed by atoms with Gasteiger partial charge in [-0.1, -0.05) is 40.0 Å². The molecule has 6 nitrogen and oxygen atoms in total. The van der Waals surface area contributed by atoms with Crippen molar-refractivity contribution in [2.24, 2.45) is 0 Å². The first-order valence-corrected chi connectivity index (χ1v) is 14.7. The molecule has 0 bridgehead atoms. The average Bonchev–Trinajstić information content (AvgIpc) is 2.62. The van der Waals surface area contributed by atoms with Gasteiger partial charge >= 0.3 is 17.1 Å². The van der Waals surface area contributed by atoms with Crippen LogP contribution in [0.3, 0.4) is 0 Å². The van der Waals surface area contributed by atoms with Crippen LogP contribution in [-0.4, -0.2) is 13.7 Å². The highest BCUT2D eigenvalue weighted by molar-refractivity contribution is 9.25. The SMILES string of the molecule is CCCCC(Br)(Br)n1c(=O)n(C(Br)(Br)CCCC)c(=O)n(C(Br)(Br)CCCC)c1=O.